The van der Waals surface area contributed by atoms with Crippen LogP contribution in [0.25, 0.3) is 0 Å². The van der Waals surface area contributed by atoms with Crippen LogP contribution in [0, 0.1) is 23.4 Å². The highest BCUT2D eigenvalue weighted by atomic mass is 19.2. The van der Waals surface area contributed by atoms with E-state index in [0.29, 0.717) is 23.7 Å². The number of rotatable bonds is 7. The van der Waals surface area contributed by atoms with Crippen molar-refractivity contribution in [3.05, 3.63) is 65.3 Å². The molecule has 13 heteroatoms. The number of nitrogens with one attached hydrogen (secondary N) is 2. The van der Waals surface area contributed by atoms with Crippen LogP contribution in [-0.2, 0) is 9.59 Å². The van der Waals surface area contributed by atoms with Gasteiger partial charge in [0.15, 0.2) is 11.6 Å². The number of nitrogens with zero attached hydrogens (tertiary/aromatic N) is 2. The molecule has 0 atom stereocenters. The van der Waals surface area contributed by atoms with E-state index in [1.807, 2.05) is 12.1 Å². The molecule has 4 rings (SSSR count). The molecule has 4 N–H and O–H groups in total. The fraction of sp³-hybridized carbons (Fsp3) is 0.320. The molecular weight excluding hydrogens is 509 g/mol. The van der Waals surface area contributed by atoms with Gasteiger partial charge in [-0.1, -0.05) is 17.2 Å². The summed E-state index contributed by atoms with van der Waals surface area (Å²) in [7, 11) is 0. The predicted molar refractivity (Wildman–Crippen MR) is 129 cm³/mol. The third-order valence-corrected chi connectivity index (χ3v) is 5.82. The summed E-state index contributed by atoms with van der Waals surface area (Å²) in [6.07, 6.45) is 3.79. The molecule has 1 fully saturated rings. The van der Waals surface area contributed by atoms with E-state index in [0.717, 1.165) is 38.2 Å². The number of carboxylic acid groups (broad SMARTS) is 2. The Hall–Kier alpha value is -4.42. The molecule has 202 valence electrons. The molecule has 3 aromatic rings. The minimum Gasteiger partial charge on any atom is -0.481 e. The van der Waals surface area contributed by atoms with Crippen molar-refractivity contribution >= 4 is 35.2 Å². The van der Waals surface area contributed by atoms with Crippen LogP contribution >= 0.6 is 0 Å². The maximum absolute atomic E-state index is 13.7. The Morgan fingerprint density at radius 1 is 0.947 bits per heavy atom. The zero-order chi connectivity index (χ0) is 27.8. The molecule has 1 heterocycles. The molecule has 0 bridgehead atoms. The third-order valence-electron chi connectivity index (χ3n) is 5.82. The minimum atomic E-state index is -1.34. The minimum absolute atomic E-state index is 0.209. The van der Waals surface area contributed by atoms with E-state index < -0.39 is 46.9 Å². The molecule has 0 unspecified atom stereocenters. The monoisotopic (exact) mass is 534 g/mol. The number of hydrogen-bond donors (Lipinski definition) is 4. The van der Waals surface area contributed by atoms with Crippen LogP contribution in [-0.4, -0.2) is 38.3 Å². The van der Waals surface area contributed by atoms with E-state index in [9.17, 15) is 22.8 Å². The van der Waals surface area contributed by atoms with Crippen molar-refractivity contribution in [2.24, 2.45) is 5.92 Å². The maximum atomic E-state index is 13.7. The van der Waals surface area contributed by atoms with Gasteiger partial charge in [0.2, 0.25) is 0 Å². The Morgan fingerprint density at radius 3 is 2.16 bits per heavy atom. The Labute approximate surface area is 214 Å². The van der Waals surface area contributed by atoms with Crippen molar-refractivity contribution in [3.8, 4) is 0 Å². The van der Waals surface area contributed by atoms with E-state index in [4.69, 9.17) is 19.4 Å². The summed E-state index contributed by atoms with van der Waals surface area (Å²) in [5, 5.41) is 28.4. The molecule has 1 amide bonds. The standard InChI is InChI=1S/C23H21F3N4O4.C2H4O2/c24-16-10-18(26)19(11-17(16)25)28-23-30-29-22(34-23)21(33)27-15-7-5-14(6-8-15)13-3-1-12(2-4-13)9-20(31)32;1-2(3)4/h5-8,10-13H,1-4,9H2,(H,27,33)(H,28,30)(H,31,32);1H3,(H,3,4). The van der Waals surface area contributed by atoms with Crippen LogP contribution in [0.15, 0.2) is 40.8 Å². The lowest BCUT2D eigenvalue weighted by molar-refractivity contribution is -0.138. The van der Waals surface area contributed by atoms with E-state index in [1.54, 1.807) is 12.1 Å². The van der Waals surface area contributed by atoms with Gasteiger partial charge in [-0.3, -0.25) is 14.4 Å². The van der Waals surface area contributed by atoms with Crippen molar-refractivity contribution in [3.63, 3.8) is 0 Å². The van der Waals surface area contributed by atoms with E-state index in [1.165, 1.54) is 0 Å². The van der Waals surface area contributed by atoms with Crippen molar-refractivity contribution in [2.45, 2.75) is 44.9 Å². The van der Waals surface area contributed by atoms with Gasteiger partial charge in [0.1, 0.15) is 5.82 Å². The summed E-state index contributed by atoms with van der Waals surface area (Å²) >= 11 is 0. The van der Waals surface area contributed by atoms with Crippen molar-refractivity contribution in [1.82, 2.24) is 10.2 Å². The zero-order valence-corrected chi connectivity index (χ0v) is 20.2. The van der Waals surface area contributed by atoms with Gasteiger partial charge < -0.3 is 25.3 Å². The molecule has 10 nitrogen and oxygen atoms in total. The Balaban J connectivity index is 0.000000934. The topological polar surface area (TPSA) is 155 Å². The summed E-state index contributed by atoms with van der Waals surface area (Å²) in [4.78, 5) is 32.3. The van der Waals surface area contributed by atoms with Crippen LogP contribution in [0.5, 0.6) is 0 Å². The van der Waals surface area contributed by atoms with Gasteiger partial charge in [0.25, 0.3) is 5.97 Å². The highest BCUT2D eigenvalue weighted by Crippen LogP contribution is 2.37. The first-order chi connectivity index (χ1) is 18.0. The van der Waals surface area contributed by atoms with Gasteiger partial charge in [0, 0.05) is 31.2 Å². The Bertz CT molecular complexity index is 1290. The number of carboxylic acids is 2. The summed E-state index contributed by atoms with van der Waals surface area (Å²) in [6, 6.07) is 7.88. The molecule has 1 saturated carbocycles. The summed E-state index contributed by atoms with van der Waals surface area (Å²) < 4.78 is 45.2. The quantitative estimate of drug-likeness (QED) is 0.295. The second-order valence-electron chi connectivity index (χ2n) is 8.69. The maximum Gasteiger partial charge on any atom is 0.320 e. The van der Waals surface area contributed by atoms with Gasteiger partial charge in [-0.05, 0) is 55.2 Å². The lowest BCUT2D eigenvalue weighted by Gasteiger charge is -2.28. The number of amides is 1. The van der Waals surface area contributed by atoms with Gasteiger partial charge in [-0.25, -0.2) is 13.2 Å². The number of hydrogen-bond acceptors (Lipinski definition) is 7. The van der Waals surface area contributed by atoms with Gasteiger partial charge in [-0.2, -0.15) is 0 Å². The van der Waals surface area contributed by atoms with E-state index in [-0.39, 0.29) is 18.4 Å². The number of aromatic nitrogens is 2. The first kappa shape index (κ1) is 28.2. The summed E-state index contributed by atoms with van der Waals surface area (Å²) in [5.74, 6) is -5.82. The molecule has 0 aliphatic heterocycles. The number of anilines is 3. The largest absolute Gasteiger partial charge is 0.481 e. The lowest BCUT2D eigenvalue weighted by Crippen LogP contribution is -2.16. The number of benzene rings is 2. The van der Waals surface area contributed by atoms with E-state index >= 15 is 0 Å². The molecular formula is C25H25F3N4O6. The molecule has 1 aliphatic rings. The second-order valence-corrected chi connectivity index (χ2v) is 8.69. The smallest absolute Gasteiger partial charge is 0.320 e. The fourth-order valence-corrected chi connectivity index (χ4v) is 4.07. The molecule has 38 heavy (non-hydrogen) atoms. The SMILES string of the molecule is CC(=O)O.O=C(O)CC1CCC(c2ccc(NC(=O)c3nnc(Nc4cc(F)c(F)cc4F)o3)cc2)CC1. The predicted octanol–water partition coefficient (Wildman–Crippen LogP) is 5.32. The van der Waals surface area contributed by atoms with E-state index in [2.05, 4.69) is 20.8 Å². The third kappa shape index (κ3) is 8.05. The van der Waals surface area contributed by atoms with Gasteiger partial charge in [-0.15, -0.1) is 5.10 Å². The average molecular weight is 534 g/mol. The van der Waals surface area contributed by atoms with Crippen molar-refractivity contribution < 1.29 is 42.2 Å². The van der Waals surface area contributed by atoms with Crippen LogP contribution in [0.4, 0.5) is 30.6 Å². The number of halogens is 3. The fourth-order valence-electron chi connectivity index (χ4n) is 4.07. The molecule has 0 radical (unpaired) electrons. The van der Waals surface area contributed by atoms with Crippen LogP contribution in [0.2, 0.25) is 0 Å². The van der Waals surface area contributed by atoms with Gasteiger partial charge in [0.05, 0.1) is 5.69 Å². The molecule has 0 saturated heterocycles. The molecule has 0 spiro atoms. The highest BCUT2D eigenvalue weighted by Gasteiger charge is 2.24. The second kappa shape index (κ2) is 12.7. The average Bonchev–Trinajstić information content (AvgIpc) is 3.32. The van der Waals surface area contributed by atoms with Crippen molar-refractivity contribution in [1.29, 1.82) is 0 Å². The van der Waals surface area contributed by atoms with Crippen LogP contribution < -0.4 is 10.6 Å². The summed E-state index contributed by atoms with van der Waals surface area (Å²) in [5.41, 5.74) is 1.18. The first-order valence-electron chi connectivity index (χ1n) is 11.6. The molecule has 1 aliphatic carbocycles. The van der Waals surface area contributed by atoms with Gasteiger partial charge >= 0.3 is 23.8 Å². The Kier molecular flexibility index (Phi) is 9.41. The number of aliphatic carboxylic acids is 2. The van der Waals surface area contributed by atoms with Crippen molar-refractivity contribution in [2.75, 3.05) is 10.6 Å². The number of carbonyl (C=O) groups excluding carboxylic acids is 1. The van der Waals surface area contributed by atoms with Crippen LogP contribution in [0.1, 0.15) is 61.2 Å². The zero-order valence-electron chi connectivity index (χ0n) is 20.2. The summed E-state index contributed by atoms with van der Waals surface area (Å²) in [6.45, 7) is 1.08. The van der Waals surface area contributed by atoms with Crippen LogP contribution in [0.3, 0.4) is 0 Å². The molecule has 1 aromatic heterocycles. The normalized spacial score (nSPS) is 16.6. The highest BCUT2D eigenvalue weighted by molar-refractivity contribution is 6.00. The molecule has 2 aromatic carbocycles. The first-order valence-corrected chi connectivity index (χ1v) is 11.6. The Morgan fingerprint density at radius 2 is 1.55 bits per heavy atom. The number of carbonyl (C=O) groups is 3. The lowest BCUT2D eigenvalue weighted by atomic mass is 9.77.